The Bertz CT molecular complexity index is 401. The topological polar surface area (TPSA) is 83.6 Å². The number of aliphatic hydroxyl groups excluding tert-OH is 1. The molecule has 84 valence electrons. The largest absolute Gasteiger partial charge is 0.387 e. The van der Waals surface area contributed by atoms with E-state index in [2.05, 4.69) is 0 Å². The second-order valence-corrected chi connectivity index (χ2v) is 2.99. The lowest BCUT2D eigenvalue weighted by atomic mass is 10.2. The second-order valence-electron chi connectivity index (χ2n) is 2.99. The van der Waals surface area contributed by atoms with Crippen LogP contribution in [-0.2, 0) is 4.79 Å². The molecule has 16 heavy (non-hydrogen) atoms. The van der Waals surface area contributed by atoms with Gasteiger partial charge < -0.3 is 10.8 Å². The molecule has 1 aromatic rings. The molecule has 0 fully saturated rings. The molecule has 0 atom stereocenters. The van der Waals surface area contributed by atoms with Gasteiger partial charge in [-0.2, -0.15) is 0 Å². The molecule has 0 heterocycles. The first-order valence-electron chi connectivity index (χ1n) is 4.60. The van der Waals surface area contributed by atoms with Crippen molar-refractivity contribution in [2.24, 2.45) is 5.73 Å². The van der Waals surface area contributed by atoms with Gasteiger partial charge in [0.15, 0.2) is 0 Å². The molecule has 0 radical (unpaired) electrons. The highest BCUT2D eigenvalue weighted by Gasteiger charge is 2.14. The van der Waals surface area contributed by atoms with Gasteiger partial charge in [-0.3, -0.25) is 4.79 Å². The van der Waals surface area contributed by atoms with E-state index < -0.39 is 18.5 Å². The molecule has 0 spiro atoms. The summed E-state index contributed by atoms with van der Waals surface area (Å²) >= 11 is 0. The van der Waals surface area contributed by atoms with Crippen LogP contribution in [0.2, 0.25) is 0 Å². The highest BCUT2D eigenvalue weighted by Crippen LogP contribution is 2.02. The van der Waals surface area contributed by atoms with Crippen molar-refractivity contribution in [2.75, 3.05) is 6.61 Å². The molecule has 0 aliphatic carbocycles. The quantitative estimate of drug-likeness (QED) is 0.780. The van der Waals surface area contributed by atoms with E-state index in [1.165, 1.54) is 6.20 Å². The van der Waals surface area contributed by atoms with Gasteiger partial charge in [0.2, 0.25) is 0 Å². The number of hydrogen-bond acceptors (Lipinski definition) is 3. The fraction of sp³-hybridized carbons (Fsp3) is 0.0909. The number of rotatable bonds is 3. The van der Waals surface area contributed by atoms with Gasteiger partial charge in [0.25, 0.3) is 5.91 Å². The molecule has 0 saturated carbocycles. The summed E-state index contributed by atoms with van der Waals surface area (Å²) in [5.41, 5.74) is 5.80. The first-order chi connectivity index (χ1) is 7.65. The van der Waals surface area contributed by atoms with E-state index in [1.807, 2.05) is 18.2 Å². The third-order valence-corrected chi connectivity index (χ3v) is 1.86. The van der Waals surface area contributed by atoms with Gasteiger partial charge in [0.05, 0.1) is 0 Å². The summed E-state index contributed by atoms with van der Waals surface area (Å²) in [7, 11) is 0. The molecule has 5 heteroatoms. The molecule has 0 bridgehead atoms. The summed E-state index contributed by atoms with van der Waals surface area (Å²) in [4.78, 5) is 22.6. The van der Waals surface area contributed by atoms with Crippen LogP contribution in [0.1, 0.15) is 5.56 Å². The monoisotopic (exact) mass is 220 g/mol. The number of amides is 3. The standard InChI is InChI=1S/C11H12N2O3/c12-11(16)13(10(15)8-14)7-6-9-4-2-1-3-5-9/h1-7,14H,8H2,(H2,12,16). The Morgan fingerprint density at radius 2 is 1.94 bits per heavy atom. The summed E-state index contributed by atoms with van der Waals surface area (Å²) in [6.45, 7) is -0.762. The number of nitrogens with two attached hydrogens (primary N) is 1. The maximum Gasteiger partial charge on any atom is 0.325 e. The molecular weight excluding hydrogens is 208 g/mol. The number of imide groups is 1. The van der Waals surface area contributed by atoms with Crippen molar-refractivity contribution >= 4 is 18.0 Å². The van der Waals surface area contributed by atoms with Crippen LogP contribution in [0.15, 0.2) is 36.5 Å². The first-order valence-corrected chi connectivity index (χ1v) is 4.60. The number of hydrogen-bond donors (Lipinski definition) is 2. The number of nitrogens with zero attached hydrogens (tertiary/aromatic N) is 1. The molecule has 1 aromatic carbocycles. The Hall–Kier alpha value is -2.14. The molecule has 1 rings (SSSR count). The second kappa shape index (κ2) is 5.67. The van der Waals surface area contributed by atoms with Gasteiger partial charge in [-0.05, 0) is 11.6 Å². The molecule has 3 N–H and O–H groups in total. The van der Waals surface area contributed by atoms with Crippen LogP contribution in [0.25, 0.3) is 6.08 Å². The highest BCUT2D eigenvalue weighted by atomic mass is 16.3. The van der Waals surface area contributed by atoms with Gasteiger partial charge in [-0.15, -0.1) is 0 Å². The Morgan fingerprint density at radius 3 is 2.44 bits per heavy atom. The van der Waals surface area contributed by atoms with Crippen LogP contribution in [0.5, 0.6) is 0 Å². The van der Waals surface area contributed by atoms with Crippen LogP contribution in [0.4, 0.5) is 4.79 Å². The third-order valence-electron chi connectivity index (χ3n) is 1.86. The zero-order valence-corrected chi connectivity index (χ0v) is 8.54. The molecule has 0 aliphatic rings. The Morgan fingerprint density at radius 1 is 1.31 bits per heavy atom. The summed E-state index contributed by atoms with van der Waals surface area (Å²) in [5.74, 6) is -0.764. The summed E-state index contributed by atoms with van der Waals surface area (Å²) in [6, 6.07) is 8.18. The lowest BCUT2D eigenvalue weighted by Gasteiger charge is -2.11. The van der Waals surface area contributed by atoms with E-state index in [0.29, 0.717) is 4.90 Å². The smallest absolute Gasteiger partial charge is 0.325 e. The van der Waals surface area contributed by atoms with Gasteiger partial charge in [-0.25, -0.2) is 9.69 Å². The molecule has 5 nitrogen and oxygen atoms in total. The average Bonchev–Trinajstić information content (AvgIpc) is 2.30. The van der Waals surface area contributed by atoms with E-state index in [0.717, 1.165) is 5.56 Å². The predicted molar refractivity (Wildman–Crippen MR) is 59.0 cm³/mol. The van der Waals surface area contributed by atoms with E-state index in [4.69, 9.17) is 10.8 Å². The van der Waals surface area contributed by atoms with Crippen LogP contribution in [0.3, 0.4) is 0 Å². The zero-order valence-electron chi connectivity index (χ0n) is 8.54. The first kappa shape index (κ1) is 11.9. The van der Waals surface area contributed by atoms with E-state index in [1.54, 1.807) is 18.2 Å². The lowest BCUT2D eigenvalue weighted by Crippen LogP contribution is -2.38. The Labute approximate surface area is 92.8 Å². The van der Waals surface area contributed by atoms with E-state index >= 15 is 0 Å². The third kappa shape index (κ3) is 3.21. The number of aliphatic hydroxyl groups is 1. The molecular formula is C11H12N2O3. The predicted octanol–water partition coefficient (Wildman–Crippen LogP) is 0.557. The number of primary amides is 1. The zero-order chi connectivity index (χ0) is 12.0. The minimum atomic E-state index is -0.925. The van der Waals surface area contributed by atoms with Crippen molar-refractivity contribution in [3.63, 3.8) is 0 Å². The number of benzene rings is 1. The van der Waals surface area contributed by atoms with Crippen LogP contribution < -0.4 is 5.73 Å². The minimum Gasteiger partial charge on any atom is -0.387 e. The van der Waals surface area contributed by atoms with Crippen molar-refractivity contribution in [3.05, 3.63) is 42.1 Å². The van der Waals surface area contributed by atoms with Crippen molar-refractivity contribution in [2.45, 2.75) is 0 Å². The SMILES string of the molecule is NC(=O)N(C=Cc1ccccc1)C(=O)CO. The summed E-state index contributed by atoms with van der Waals surface area (Å²) in [5, 5.41) is 8.62. The highest BCUT2D eigenvalue weighted by molar-refractivity contribution is 5.96. The maximum absolute atomic E-state index is 11.1. The van der Waals surface area contributed by atoms with Gasteiger partial charge >= 0.3 is 6.03 Å². The molecule has 0 aliphatic heterocycles. The van der Waals surface area contributed by atoms with Crippen molar-refractivity contribution in [1.82, 2.24) is 4.90 Å². The Balaban J connectivity index is 2.80. The number of carbonyl (C=O) groups is 2. The van der Waals surface area contributed by atoms with Crippen molar-refractivity contribution in [3.8, 4) is 0 Å². The molecule has 0 saturated heterocycles. The fourth-order valence-electron chi connectivity index (χ4n) is 1.08. The lowest BCUT2D eigenvalue weighted by molar-refractivity contribution is -0.128. The Kier molecular flexibility index (Phi) is 4.23. The van der Waals surface area contributed by atoms with Crippen LogP contribution in [-0.4, -0.2) is 28.6 Å². The van der Waals surface area contributed by atoms with Crippen LogP contribution in [0, 0.1) is 0 Å². The normalized spacial score (nSPS) is 10.3. The van der Waals surface area contributed by atoms with Gasteiger partial charge in [0.1, 0.15) is 6.61 Å². The number of urea groups is 1. The van der Waals surface area contributed by atoms with E-state index in [-0.39, 0.29) is 0 Å². The van der Waals surface area contributed by atoms with Gasteiger partial charge in [-0.1, -0.05) is 30.3 Å². The van der Waals surface area contributed by atoms with Crippen LogP contribution >= 0.6 is 0 Å². The summed E-state index contributed by atoms with van der Waals surface area (Å²) in [6.07, 6.45) is 2.79. The maximum atomic E-state index is 11.1. The minimum absolute atomic E-state index is 0.660. The molecule has 3 amide bonds. The summed E-state index contributed by atoms with van der Waals surface area (Å²) < 4.78 is 0. The molecule has 0 unspecified atom stereocenters. The van der Waals surface area contributed by atoms with Gasteiger partial charge in [0, 0.05) is 6.20 Å². The fourth-order valence-corrected chi connectivity index (χ4v) is 1.08. The van der Waals surface area contributed by atoms with Crippen molar-refractivity contribution in [1.29, 1.82) is 0 Å². The van der Waals surface area contributed by atoms with Crippen molar-refractivity contribution < 1.29 is 14.7 Å². The average molecular weight is 220 g/mol. The molecule has 0 aromatic heterocycles. The van der Waals surface area contributed by atoms with E-state index in [9.17, 15) is 9.59 Å². The number of carbonyl (C=O) groups excluding carboxylic acids is 2.